The number of carbonyl (C=O) groups excluding carboxylic acids is 1. The number of amides is 1. The summed E-state index contributed by atoms with van der Waals surface area (Å²) in [6.45, 7) is 5.38. The van der Waals surface area contributed by atoms with Gasteiger partial charge in [-0.1, -0.05) is 52.4 Å². The Morgan fingerprint density at radius 1 is 1.06 bits per heavy atom. The third kappa shape index (κ3) is 4.97. The monoisotopic (exact) mass is 255 g/mol. The van der Waals surface area contributed by atoms with Crippen LogP contribution in [0.25, 0.3) is 0 Å². The minimum absolute atomic E-state index is 0.228. The molecular formula is C15H29NO2. The van der Waals surface area contributed by atoms with Crippen molar-refractivity contribution in [2.24, 2.45) is 0 Å². The number of unbranched alkanes of at least 4 members (excludes halogenated alkanes) is 5. The molecule has 0 aromatic rings. The van der Waals surface area contributed by atoms with Crippen molar-refractivity contribution in [1.29, 1.82) is 0 Å². The molecule has 0 saturated carbocycles. The van der Waals surface area contributed by atoms with Gasteiger partial charge in [-0.05, 0) is 12.8 Å². The van der Waals surface area contributed by atoms with Crippen LogP contribution in [0.15, 0.2) is 0 Å². The molecule has 0 aliphatic carbocycles. The molecule has 1 aliphatic heterocycles. The zero-order valence-electron chi connectivity index (χ0n) is 12.1. The van der Waals surface area contributed by atoms with Crippen LogP contribution in [0.5, 0.6) is 0 Å². The summed E-state index contributed by atoms with van der Waals surface area (Å²) in [6, 6.07) is 0. The molecule has 0 atom stereocenters. The lowest BCUT2D eigenvalue weighted by molar-refractivity contribution is -0.156. The van der Waals surface area contributed by atoms with Crippen LogP contribution >= 0.6 is 0 Å². The summed E-state index contributed by atoms with van der Waals surface area (Å²) in [5, 5.41) is 10.0. The Kier molecular flexibility index (Phi) is 6.69. The molecule has 1 saturated heterocycles. The van der Waals surface area contributed by atoms with Gasteiger partial charge in [0.2, 0.25) is 5.91 Å². The number of rotatable bonds is 9. The summed E-state index contributed by atoms with van der Waals surface area (Å²) in [4.78, 5) is 13.6. The van der Waals surface area contributed by atoms with Crippen molar-refractivity contribution >= 4 is 5.91 Å². The maximum atomic E-state index is 11.8. The summed E-state index contributed by atoms with van der Waals surface area (Å²) < 4.78 is 0. The zero-order valence-corrected chi connectivity index (χ0v) is 12.1. The summed E-state index contributed by atoms with van der Waals surface area (Å²) in [5.74, 6) is 0.228. The topological polar surface area (TPSA) is 40.5 Å². The van der Waals surface area contributed by atoms with Crippen molar-refractivity contribution < 1.29 is 9.90 Å². The second-order valence-corrected chi connectivity index (χ2v) is 5.74. The van der Waals surface area contributed by atoms with E-state index in [0.717, 1.165) is 19.3 Å². The number of likely N-dealkylation sites (tertiary alicyclic amines) is 1. The largest absolute Gasteiger partial charge is 0.386 e. The Balaban J connectivity index is 2.02. The van der Waals surface area contributed by atoms with Gasteiger partial charge in [-0.2, -0.15) is 0 Å². The molecule has 1 fully saturated rings. The molecule has 1 N–H and O–H groups in total. The minimum atomic E-state index is -0.578. The Bertz CT molecular complexity index is 247. The van der Waals surface area contributed by atoms with Crippen molar-refractivity contribution in [1.82, 2.24) is 4.90 Å². The fourth-order valence-electron chi connectivity index (χ4n) is 2.68. The molecule has 0 unspecified atom stereocenters. The summed E-state index contributed by atoms with van der Waals surface area (Å²) in [5.41, 5.74) is -0.578. The summed E-state index contributed by atoms with van der Waals surface area (Å²) >= 11 is 0. The van der Waals surface area contributed by atoms with E-state index in [4.69, 9.17) is 0 Å². The van der Waals surface area contributed by atoms with Crippen LogP contribution in [0.3, 0.4) is 0 Å². The van der Waals surface area contributed by atoms with E-state index < -0.39 is 5.60 Å². The van der Waals surface area contributed by atoms with Crippen molar-refractivity contribution in [3.63, 3.8) is 0 Å². The van der Waals surface area contributed by atoms with Gasteiger partial charge in [-0.3, -0.25) is 4.79 Å². The Morgan fingerprint density at radius 2 is 1.67 bits per heavy atom. The maximum Gasteiger partial charge on any atom is 0.222 e. The number of nitrogens with zero attached hydrogens (tertiary/aromatic N) is 1. The van der Waals surface area contributed by atoms with Crippen LogP contribution < -0.4 is 0 Å². The number of hydrogen-bond donors (Lipinski definition) is 1. The smallest absolute Gasteiger partial charge is 0.222 e. The van der Waals surface area contributed by atoms with Gasteiger partial charge in [-0.25, -0.2) is 0 Å². The fourth-order valence-corrected chi connectivity index (χ4v) is 2.68. The molecular weight excluding hydrogens is 226 g/mol. The van der Waals surface area contributed by atoms with Crippen molar-refractivity contribution in [3.8, 4) is 0 Å². The third-order valence-corrected chi connectivity index (χ3v) is 3.78. The van der Waals surface area contributed by atoms with E-state index in [2.05, 4.69) is 13.8 Å². The minimum Gasteiger partial charge on any atom is -0.386 e. The highest BCUT2D eigenvalue weighted by molar-refractivity contribution is 5.77. The molecule has 0 spiro atoms. The normalized spacial score (nSPS) is 17.6. The van der Waals surface area contributed by atoms with E-state index in [1.807, 2.05) is 4.90 Å². The predicted molar refractivity (Wildman–Crippen MR) is 74.4 cm³/mol. The Labute approximate surface area is 112 Å². The molecule has 0 aromatic carbocycles. The van der Waals surface area contributed by atoms with Crippen LogP contribution in [-0.2, 0) is 4.79 Å². The zero-order chi connectivity index (χ0) is 13.4. The van der Waals surface area contributed by atoms with Gasteiger partial charge in [0.15, 0.2) is 0 Å². The van der Waals surface area contributed by atoms with Crippen molar-refractivity contribution in [3.05, 3.63) is 0 Å². The van der Waals surface area contributed by atoms with E-state index in [1.54, 1.807) is 0 Å². The molecule has 0 aromatic heterocycles. The summed E-state index contributed by atoms with van der Waals surface area (Å²) in [6.07, 6.45) is 9.75. The second kappa shape index (κ2) is 7.78. The lowest BCUT2D eigenvalue weighted by atomic mass is 9.89. The molecule has 0 radical (unpaired) electrons. The van der Waals surface area contributed by atoms with E-state index in [-0.39, 0.29) is 5.91 Å². The van der Waals surface area contributed by atoms with E-state index in [0.29, 0.717) is 19.5 Å². The fraction of sp³-hybridized carbons (Fsp3) is 0.933. The lowest BCUT2D eigenvalue weighted by Crippen LogP contribution is -2.63. The first-order valence-electron chi connectivity index (χ1n) is 7.61. The van der Waals surface area contributed by atoms with Gasteiger partial charge in [0.05, 0.1) is 18.7 Å². The molecule has 1 heterocycles. The van der Waals surface area contributed by atoms with Crippen LogP contribution in [0.4, 0.5) is 0 Å². The molecule has 1 aliphatic rings. The molecule has 0 bridgehead atoms. The first-order chi connectivity index (χ1) is 8.61. The van der Waals surface area contributed by atoms with E-state index >= 15 is 0 Å². The predicted octanol–water partition coefficient (Wildman–Crippen LogP) is 3.11. The lowest BCUT2D eigenvalue weighted by Gasteiger charge is -2.46. The molecule has 18 heavy (non-hydrogen) atoms. The van der Waals surface area contributed by atoms with Gasteiger partial charge in [0.25, 0.3) is 0 Å². The highest BCUT2D eigenvalue weighted by Crippen LogP contribution is 2.26. The van der Waals surface area contributed by atoms with Crippen LogP contribution in [0, 0.1) is 0 Å². The first-order valence-corrected chi connectivity index (χ1v) is 7.61. The highest BCUT2D eigenvalue weighted by Gasteiger charge is 2.42. The van der Waals surface area contributed by atoms with Crippen molar-refractivity contribution in [2.45, 2.75) is 77.2 Å². The van der Waals surface area contributed by atoms with Gasteiger partial charge in [-0.15, -0.1) is 0 Å². The molecule has 1 rings (SSSR count). The van der Waals surface area contributed by atoms with Gasteiger partial charge in [0, 0.05) is 6.42 Å². The molecule has 3 heteroatoms. The molecule has 1 amide bonds. The Hall–Kier alpha value is -0.570. The first kappa shape index (κ1) is 15.5. The molecule has 106 valence electrons. The number of aliphatic hydroxyl groups is 1. The standard InChI is InChI=1S/C15H29NO2/c1-3-5-6-7-8-9-10-14(17)16-12-15(18,13-16)11-4-2/h18H,3-13H2,1-2H3. The van der Waals surface area contributed by atoms with Crippen LogP contribution in [0.1, 0.15) is 71.6 Å². The molecule has 3 nitrogen and oxygen atoms in total. The van der Waals surface area contributed by atoms with Crippen LogP contribution in [0.2, 0.25) is 0 Å². The number of carbonyl (C=O) groups is 1. The quantitative estimate of drug-likeness (QED) is 0.643. The van der Waals surface area contributed by atoms with Crippen LogP contribution in [-0.4, -0.2) is 34.6 Å². The number of hydrogen-bond acceptors (Lipinski definition) is 2. The summed E-state index contributed by atoms with van der Waals surface area (Å²) in [7, 11) is 0. The second-order valence-electron chi connectivity index (χ2n) is 5.74. The Morgan fingerprint density at radius 3 is 2.28 bits per heavy atom. The van der Waals surface area contributed by atoms with E-state index in [9.17, 15) is 9.90 Å². The third-order valence-electron chi connectivity index (χ3n) is 3.78. The maximum absolute atomic E-state index is 11.8. The van der Waals surface area contributed by atoms with Gasteiger partial charge in [0.1, 0.15) is 0 Å². The van der Waals surface area contributed by atoms with E-state index in [1.165, 1.54) is 32.1 Å². The number of β-amino-alcohol motifs (C(OH)–C–C–N with tert-alkyl or cyclic N) is 1. The SMILES string of the molecule is CCCCCCCCC(=O)N1CC(O)(CCC)C1. The average Bonchev–Trinajstić information content (AvgIpc) is 2.30. The highest BCUT2D eigenvalue weighted by atomic mass is 16.3. The van der Waals surface area contributed by atoms with Gasteiger partial charge < -0.3 is 10.0 Å². The van der Waals surface area contributed by atoms with Gasteiger partial charge >= 0.3 is 0 Å². The van der Waals surface area contributed by atoms with Crippen molar-refractivity contribution in [2.75, 3.05) is 13.1 Å². The average molecular weight is 255 g/mol.